The summed E-state index contributed by atoms with van der Waals surface area (Å²) in [6, 6.07) is 15.8. The highest BCUT2D eigenvalue weighted by atomic mass is 32.3. The van der Waals surface area contributed by atoms with E-state index in [2.05, 4.69) is 22.4 Å². The number of benzene rings is 3. The van der Waals surface area contributed by atoms with Crippen molar-refractivity contribution in [2.45, 2.75) is 56.4 Å². The SMILES string of the molecule is C#Cc1ccc2c(c1)[nH]c1c2c(=O)c2cc(CCCC)c(-c3cccc(S(=O)(=O)F)c3)cc2n1C1CCC1. The lowest BCUT2D eigenvalue weighted by Crippen LogP contribution is -2.21. The van der Waals surface area contributed by atoms with Gasteiger partial charge in [0, 0.05) is 27.9 Å². The van der Waals surface area contributed by atoms with Gasteiger partial charge in [-0.05, 0) is 85.2 Å². The van der Waals surface area contributed by atoms with Crippen LogP contribution in [0.5, 0.6) is 0 Å². The van der Waals surface area contributed by atoms with E-state index in [0.29, 0.717) is 22.8 Å². The molecule has 0 bridgehead atoms. The summed E-state index contributed by atoms with van der Waals surface area (Å²) in [6.07, 6.45) is 11.3. The van der Waals surface area contributed by atoms with Crippen molar-refractivity contribution < 1.29 is 12.3 Å². The van der Waals surface area contributed by atoms with Gasteiger partial charge in [-0.3, -0.25) is 4.79 Å². The van der Waals surface area contributed by atoms with Crippen molar-refractivity contribution in [3.63, 3.8) is 0 Å². The van der Waals surface area contributed by atoms with Gasteiger partial charge >= 0.3 is 10.2 Å². The molecule has 2 aromatic heterocycles. The van der Waals surface area contributed by atoms with Gasteiger partial charge < -0.3 is 9.55 Å². The van der Waals surface area contributed by atoms with Gasteiger partial charge in [0.15, 0.2) is 5.43 Å². The number of aromatic nitrogens is 2. The van der Waals surface area contributed by atoms with Gasteiger partial charge in [0.25, 0.3) is 0 Å². The van der Waals surface area contributed by atoms with Crippen molar-refractivity contribution in [3.8, 4) is 23.5 Å². The Morgan fingerprint density at radius 1 is 1.11 bits per heavy atom. The molecular formula is C31H27FN2O3S. The minimum Gasteiger partial charge on any atom is -0.340 e. The van der Waals surface area contributed by atoms with E-state index >= 15 is 0 Å². The minimum atomic E-state index is -4.85. The number of aromatic amines is 1. The predicted octanol–water partition coefficient (Wildman–Crippen LogP) is 7.01. The molecule has 1 N–H and O–H groups in total. The fourth-order valence-corrected chi connectivity index (χ4v) is 6.14. The van der Waals surface area contributed by atoms with Crippen molar-refractivity contribution in [1.29, 1.82) is 0 Å². The number of H-pyrrole nitrogens is 1. The number of halogens is 1. The van der Waals surface area contributed by atoms with Gasteiger partial charge in [-0.1, -0.05) is 37.5 Å². The van der Waals surface area contributed by atoms with Gasteiger partial charge in [0.1, 0.15) is 5.65 Å². The van der Waals surface area contributed by atoms with Gasteiger partial charge in [-0.15, -0.1) is 10.3 Å². The molecule has 5 nitrogen and oxygen atoms in total. The lowest BCUT2D eigenvalue weighted by Gasteiger charge is -2.31. The first-order valence-electron chi connectivity index (χ1n) is 13.0. The van der Waals surface area contributed by atoms with Crippen LogP contribution in [0.4, 0.5) is 3.89 Å². The molecular weight excluding hydrogens is 499 g/mol. The molecule has 0 amide bonds. The van der Waals surface area contributed by atoms with E-state index in [4.69, 9.17) is 6.42 Å². The van der Waals surface area contributed by atoms with Crippen molar-refractivity contribution in [1.82, 2.24) is 9.55 Å². The number of nitrogens with one attached hydrogen (secondary N) is 1. The Bertz CT molecular complexity index is 1960. The maximum atomic E-state index is 14.1. The van der Waals surface area contributed by atoms with Gasteiger partial charge in [-0.25, -0.2) is 0 Å². The van der Waals surface area contributed by atoms with E-state index < -0.39 is 10.2 Å². The number of aryl methyl sites for hydroxylation is 1. The average molecular weight is 527 g/mol. The van der Waals surface area contributed by atoms with E-state index in [0.717, 1.165) is 70.9 Å². The van der Waals surface area contributed by atoms with E-state index in [1.807, 2.05) is 30.3 Å². The molecule has 0 spiro atoms. The Morgan fingerprint density at radius 3 is 2.61 bits per heavy atom. The van der Waals surface area contributed by atoms with E-state index in [-0.39, 0.29) is 16.4 Å². The summed E-state index contributed by atoms with van der Waals surface area (Å²) >= 11 is 0. The molecule has 1 fully saturated rings. The standard InChI is InChI=1S/C31H27FN2O3S/c1-3-5-8-21-17-26-28(18-25(21)20-9-6-12-23(16-20)38(32,36)37)34(22-10-7-11-22)31-29(30(26)35)24-14-13-19(4-2)15-27(24)33-31/h2,6,9,12-18,22,33H,3,5,7-8,10-11H2,1H3. The second-order valence-electron chi connectivity index (χ2n) is 10.1. The third-order valence-corrected chi connectivity index (χ3v) is 8.62. The van der Waals surface area contributed by atoms with Crippen LogP contribution in [0.15, 0.2) is 64.3 Å². The number of hydrogen-bond donors (Lipinski definition) is 1. The molecule has 1 aliphatic carbocycles. The van der Waals surface area contributed by atoms with Crippen LogP contribution < -0.4 is 5.43 Å². The molecule has 6 rings (SSSR count). The molecule has 1 aliphatic rings. The highest BCUT2D eigenvalue weighted by Crippen LogP contribution is 2.40. The Balaban J connectivity index is 1.73. The molecule has 1 saturated carbocycles. The molecule has 192 valence electrons. The number of rotatable bonds is 6. The molecule has 0 saturated heterocycles. The zero-order valence-corrected chi connectivity index (χ0v) is 21.9. The lowest BCUT2D eigenvalue weighted by molar-refractivity contribution is 0.327. The Labute approximate surface area is 220 Å². The monoisotopic (exact) mass is 526 g/mol. The molecule has 0 atom stereocenters. The normalized spacial score (nSPS) is 14.2. The summed E-state index contributed by atoms with van der Waals surface area (Å²) < 4.78 is 39.5. The summed E-state index contributed by atoms with van der Waals surface area (Å²) in [6.45, 7) is 2.10. The summed E-state index contributed by atoms with van der Waals surface area (Å²) in [5.41, 5.74) is 5.44. The summed E-state index contributed by atoms with van der Waals surface area (Å²) in [7, 11) is -4.85. The highest BCUT2D eigenvalue weighted by Gasteiger charge is 2.26. The quantitative estimate of drug-likeness (QED) is 0.191. The topological polar surface area (TPSA) is 71.9 Å². The van der Waals surface area contributed by atoms with Crippen LogP contribution in [0.25, 0.3) is 44.0 Å². The zero-order valence-electron chi connectivity index (χ0n) is 21.1. The fraction of sp³-hybridized carbons (Fsp3) is 0.258. The number of unbranched alkanes of at least 4 members (excludes halogenated alkanes) is 1. The van der Waals surface area contributed by atoms with Crippen molar-refractivity contribution in [3.05, 3.63) is 75.9 Å². The van der Waals surface area contributed by atoms with Gasteiger partial charge in [0.05, 0.1) is 15.8 Å². The lowest BCUT2D eigenvalue weighted by atomic mass is 9.90. The molecule has 0 aliphatic heterocycles. The molecule has 2 heterocycles. The Hall–Kier alpha value is -3.89. The number of hydrogen-bond acceptors (Lipinski definition) is 3. The van der Waals surface area contributed by atoms with Crippen molar-refractivity contribution in [2.75, 3.05) is 0 Å². The minimum absolute atomic E-state index is 0.0466. The van der Waals surface area contributed by atoms with Crippen molar-refractivity contribution >= 4 is 43.1 Å². The van der Waals surface area contributed by atoms with Crippen LogP contribution in [0.3, 0.4) is 0 Å². The Kier molecular flexibility index (Phi) is 5.88. The number of terminal acetylenes is 1. The molecule has 5 aromatic rings. The first kappa shape index (κ1) is 24.4. The summed E-state index contributed by atoms with van der Waals surface area (Å²) in [5, 5.41) is 2.14. The molecule has 38 heavy (non-hydrogen) atoms. The van der Waals surface area contributed by atoms with E-state index in [9.17, 15) is 17.1 Å². The maximum Gasteiger partial charge on any atom is 0.332 e. The van der Waals surface area contributed by atoms with Crippen molar-refractivity contribution in [2.24, 2.45) is 0 Å². The highest BCUT2D eigenvalue weighted by molar-refractivity contribution is 7.86. The molecule has 7 heteroatoms. The van der Waals surface area contributed by atoms with Gasteiger partial charge in [-0.2, -0.15) is 8.42 Å². The van der Waals surface area contributed by atoms with Crippen LogP contribution in [-0.4, -0.2) is 18.0 Å². The molecule has 0 unspecified atom stereocenters. The van der Waals surface area contributed by atoms with Crippen LogP contribution in [0, 0.1) is 12.3 Å². The first-order valence-corrected chi connectivity index (χ1v) is 14.4. The molecule has 0 radical (unpaired) electrons. The second kappa shape index (κ2) is 9.14. The van der Waals surface area contributed by atoms with Crippen LogP contribution in [-0.2, 0) is 16.6 Å². The number of fused-ring (bicyclic) bond motifs is 4. The van der Waals surface area contributed by atoms with Crippen LogP contribution in [0.1, 0.15) is 56.2 Å². The summed E-state index contributed by atoms with van der Waals surface area (Å²) in [5.74, 6) is 2.66. The predicted molar refractivity (Wildman–Crippen MR) is 151 cm³/mol. The van der Waals surface area contributed by atoms with Crippen LogP contribution >= 0.6 is 0 Å². The zero-order chi connectivity index (χ0) is 26.6. The second-order valence-corrected chi connectivity index (χ2v) is 11.5. The third kappa shape index (κ3) is 3.91. The van der Waals surface area contributed by atoms with E-state index in [1.54, 1.807) is 12.1 Å². The largest absolute Gasteiger partial charge is 0.340 e. The number of nitrogens with zero attached hydrogens (tertiary/aromatic N) is 1. The summed E-state index contributed by atoms with van der Waals surface area (Å²) in [4.78, 5) is 17.2. The Morgan fingerprint density at radius 2 is 1.92 bits per heavy atom. The van der Waals surface area contributed by atoms with Crippen LogP contribution in [0.2, 0.25) is 0 Å². The smallest absolute Gasteiger partial charge is 0.332 e. The van der Waals surface area contributed by atoms with Gasteiger partial charge in [0.2, 0.25) is 0 Å². The third-order valence-electron chi connectivity index (χ3n) is 7.81. The first-order chi connectivity index (χ1) is 18.3. The fourth-order valence-electron chi connectivity index (χ4n) is 5.64. The average Bonchev–Trinajstić information content (AvgIpc) is 3.26. The number of pyridine rings is 1. The van der Waals surface area contributed by atoms with E-state index in [1.165, 1.54) is 12.1 Å². The maximum absolute atomic E-state index is 14.1. The molecule has 3 aromatic carbocycles.